The Kier molecular flexibility index (Phi) is 16.0. The van der Waals surface area contributed by atoms with Crippen molar-refractivity contribution in [1.82, 2.24) is 0 Å². The normalized spacial score (nSPS) is 9.28. The van der Waals surface area contributed by atoms with Crippen molar-refractivity contribution in [1.29, 1.82) is 0 Å². The van der Waals surface area contributed by atoms with E-state index in [1.807, 2.05) is 152 Å². The third-order valence-corrected chi connectivity index (χ3v) is 6.20. The van der Waals surface area contributed by atoms with Crippen LogP contribution in [-0.2, 0) is 0 Å². The molecule has 6 rings (SSSR count). The molecule has 0 spiro atoms. The third kappa shape index (κ3) is 9.47. The number of hydrogen-bond donors (Lipinski definition) is 6. The number of fused-ring (bicyclic) bond motifs is 3. The van der Waals surface area contributed by atoms with Gasteiger partial charge in [-0.25, -0.2) is 0 Å². The molecular weight excluding hydrogens is 528 g/mol. The van der Waals surface area contributed by atoms with Crippen molar-refractivity contribution in [2.75, 3.05) is 41.0 Å². The number of nitrogen functional groups attached to an aromatic ring is 5. The molecule has 0 atom stereocenters. The molecule has 228 valence electrons. The van der Waals surface area contributed by atoms with Gasteiger partial charge in [-0.3, -0.25) is 0 Å². The summed E-state index contributed by atoms with van der Waals surface area (Å²) in [6.45, 7) is 12.0. The fourth-order valence-electron chi connectivity index (χ4n) is 4.27. The number of anilines is 6. The van der Waals surface area contributed by atoms with Gasteiger partial charge in [0.1, 0.15) is 0 Å². The molecule has 0 heterocycles. The minimum absolute atomic E-state index is 0.778. The summed E-state index contributed by atoms with van der Waals surface area (Å²) in [4.78, 5) is 0. The van der Waals surface area contributed by atoms with Gasteiger partial charge >= 0.3 is 0 Å². The number of nitrogens with one attached hydrogen (secondary N) is 1. The van der Waals surface area contributed by atoms with Crippen LogP contribution in [0.1, 0.15) is 41.5 Å². The van der Waals surface area contributed by atoms with Crippen LogP contribution in [0, 0.1) is 0 Å². The minimum atomic E-state index is 0.778. The zero-order valence-corrected chi connectivity index (χ0v) is 26.8. The Hall–Kier alpha value is -5.10. The second kappa shape index (κ2) is 19.1. The number of rotatable bonds is 1. The monoisotopic (exact) mass is 578 g/mol. The van der Waals surface area contributed by atoms with Gasteiger partial charge in [0.15, 0.2) is 0 Å². The fraction of sp³-hybridized carbons (Fsp3) is 0.189. The molecule has 0 aliphatic rings. The smallest absolute Gasteiger partial charge is 0.0418 e. The number of benzene rings is 6. The van der Waals surface area contributed by atoms with Gasteiger partial charge in [-0.1, -0.05) is 114 Å². The van der Waals surface area contributed by atoms with Gasteiger partial charge in [-0.05, 0) is 36.4 Å². The Bertz CT molecular complexity index is 1510. The molecule has 6 nitrogen and oxygen atoms in total. The van der Waals surface area contributed by atoms with Crippen molar-refractivity contribution in [3.8, 4) is 0 Å². The van der Waals surface area contributed by atoms with E-state index in [4.69, 9.17) is 28.7 Å². The van der Waals surface area contributed by atoms with Gasteiger partial charge in [-0.15, -0.1) is 0 Å². The molecule has 0 saturated heterocycles. The van der Waals surface area contributed by atoms with Crippen molar-refractivity contribution in [2.45, 2.75) is 41.5 Å². The van der Waals surface area contributed by atoms with E-state index in [2.05, 4.69) is 11.4 Å². The Labute approximate surface area is 257 Å². The first-order valence-corrected chi connectivity index (χ1v) is 14.9. The molecule has 0 amide bonds. The summed E-state index contributed by atoms with van der Waals surface area (Å²) in [5, 5.41) is 9.52. The Morgan fingerprint density at radius 3 is 0.791 bits per heavy atom. The topological polar surface area (TPSA) is 142 Å². The second-order valence-electron chi connectivity index (χ2n) is 8.58. The summed E-state index contributed by atoms with van der Waals surface area (Å²) in [6.07, 6.45) is 0. The van der Waals surface area contributed by atoms with Crippen molar-refractivity contribution in [3.05, 3.63) is 109 Å². The summed E-state index contributed by atoms with van der Waals surface area (Å²) >= 11 is 0. The van der Waals surface area contributed by atoms with E-state index in [1.165, 1.54) is 5.39 Å². The fourth-order valence-corrected chi connectivity index (χ4v) is 4.27. The summed E-state index contributed by atoms with van der Waals surface area (Å²) in [5.74, 6) is 0. The van der Waals surface area contributed by atoms with Gasteiger partial charge in [0, 0.05) is 73.5 Å². The van der Waals surface area contributed by atoms with Gasteiger partial charge in [0.2, 0.25) is 0 Å². The average molecular weight is 579 g/mol. The van der Waals surface area contributed by atoms with Crippen LogP contribution in [0.3, 0.4) is 0 Å². The predicted octanol–water partition coefficient (Wildman–Crippen LogP) is 9.55. The highest BCUT2D eigenvalue weighted by molar-refractivity contribution is 6.01. The molecule has 6 aromatic rings. The quantitative estimate of drug-likeness (QED) is 0.107. The van der Waals surface area contributed by atoms with E-state index in [0.717, 1.165) is 61.1 Å². The van der Waals surface area contributed by atoms with E-state index >= 15 is 0 Å². The molecule has 0 unspecified atom stereocenters. The maximum atomic E-state index is 5.85. The van der Waals surface area contributed by atoms with E-state index < -0.39 is 0 Å². The van der Waals surface area contributed by atoms with Crippen LogP contribution in [0.15, 0.2) is 109 Å². The van der Waals surface area contributed by atoms with Crippen molar-refractivity contribution in [3.63, 3.8) is 0 Å². The first kappa shape index (κ1) is 35.9. The lowest BCUT2D eigenvalue weighted by Crippen LogP contribution is -1.91. The average Bonchev–Trinajstić information content (AvgIpc) is 3.06. The minimum Gasteiger partial charge on any atom is -0.398 e. The predicted molar refractivity (Wildman–Crippen MR) is 197 cm³/mol. The molecule has 0 aliphatic carbocycles. The molecule has 0 aromatic heterocycles. The molecule has 43 heavy (non-hydrogen) atoms. The molecule has 0 aliphatic heterocycles. The lowest BCUT2D eigenvalue weighted by atomic mass is 10.1. The largest absolute Gasteiger partial charge is 0.398 e. The van der Waals surface area contributed by atoms with Crippen LogP contribution in [0.5, 0.6) is 0 Å². The number of nitrogens with two attached hydrogens (primary N) is 5. The van der Waals surface area contributed by atoms with Crippen LogP contribution in [0.25, 0.3) is 32.3 Å². The van der Waals surface area contributed by atoms with E-state index in [1.54, 1.807) is 0 Å². The van der Waals surface area contributed by atoms with E-state index in [0.29, 0.717) is 0 Å². The molecule has 6 heteroatoms. The Morgan fingerprint density at radius 1 is 0.326 bits per heavy atom. The molecule has 0 fully saturated rings. The van der Waals surface area contributed by atoms with Crippen LogP contribution in [0.2, 0.25) is 0 Å². The van der Waals surface area contributed by atoms with Gasteiger partial charge in [0.05, 0.1) is 0 Å². The van der Waals surface area contributed by atoms with Crippen LogP contribution >= 0.6 is 0 Å². The molecule has 6 aromatic carbocycles. The van der Waals surface area contributed by atoms with Crippen molar-refractivity contribution >= 4 is 66.4 Å². The molecular formula is C37H50N6. The second-order valence-corrected chi connectivity index (χ2v) is 8.58. The maximum Gasteiger partial charge on any atom is 0.0418 e. The lowest BCUT2D eigenvalue weighted by Gasteiger charge is -2.06. The highest BCUT2D eigenvalue weighted by Crippen LogP contribution is 2.27. The lowest BCUT2D eigenvalue weighted by molar-refractivity contribution is 1.50. The van der Waals surface area contributed by atoms with Crippen LogP contribution in [0.4, 0.5) is 34.1 Å². The Balaban J connectivity index is 0.000000296. The summed E-state index contributed by atoms with van der Waals surface area (Å²) in [5.41, 5.74) is 34.0. The zero-order valence-electron chi connectivity index (χ0n) is 26.8. The molecule has 0 bridgehead atoms. The van der Waals surface area contributed by atoms with Gasteiger partial charge in [0.25, 0.3) is 0 Å². The zero-order chi connectivity index (χ0) is 32.4. The first-order valence-electron chi connectivity index (χ1n) is 14.9. The highest BCUT2D eigenvalue weighted by atomic mass is 14.8. The van der Waals surface area contributed by atoms with Crippen LogP contribution < -0.4 is 34.0 Å². The first-order chi connectivity index (χ1) is 20.9. The standard InChI is InChI=1S/C11H12N2.2C10H10N2.3C2H6/c1-13-11-7-3-4-8-9(11)5-2-6-10(8)12;2*11-9-5-1-3-7-8(9)4-2-6-10(7)12;3*1-2/h2-7,13H,12H2,1H3;2*1-6H,11-12H2;3*1-2H3. The van der Waals surface area contributed by atoms with E-state index in [-0.39, 0.29) is 0 Å². The van der Waals surface area contributed by atoms with Crippen molar-refractivity contribution < 1.29 is 0 Å². The summed E-state index contributed by atoms with van der Waals surface area (Å²) in [7, 11) is 1.91. The summed E-state index contributed by atoms with van der Waals surface area (Å²) in [6, 6.07) is 35.1. The molecule has 11 N–H and O–H groups in total. The van der Waals surface area contributed by atoms with Crippen LogP contribution in [-0.4, -0.2) is 7.05 Å². The van der Waals surface area contributed by atoms with E-state index in [9.17, 15) is 0 Å². The maximum absolute atomic E-state index is 5.85. The van der Waals surface area contributed by atoms with Gasteiger partial charge in [-0.2, -0.15) is 0 Å². The molecule has 0 saturated carbocycles. The van der Waals surface area contributed by atoms with Crippen molar-refractivity contribution in [2.24, 2.45) is 0 Å². The SMILES string of the molecule is CC.CC.CC.CNc1cccc2c(N)cccc12.Nc1cccc2c(N)cccc12.Nc1cccc2c(N)cccc12. The third-order valence-electron chi connectivity index (χ3n) is 6.20. The molecule has 0 radical (unpaired) electrons. The number of hydrogen-bond acceptors (Lipinski definition) is 6. The highest BCUT2D eigenvalue weighted by Gasteiger charge is 2.01. The summed E-state index contributed by atoms with van der Waals surface area (Å²) < 4.78 is 0. The van der Waals surface area contributed by atoms with Gasteiger partial charge < -0.3 is 34.0 Å². The Morgan fingerprint density at radius 2 is 0.535 bits per heavy atom.